The number of aromatic nitrogens is 1. The van der Waals surface area contributed by atoms with Gasteiger partial charge in [-0.25, -0.2) is 0 Å². The predicted molar refractivity (Wildman–Crippen MR) is 97.6 cm³/mol. The number of benzene rings is 1. The number of carbonyl (C=O) groups excluding carboxylic acids is 2. The number of H-pyrrole nitrogens is 1. The number of hydrogen-bond donors (Lipinski definition) is 1. The molecule has 1 aromatic carbocycles. The molecular formula is C20H26N2O3. The van der Waals surface area contributed by atoms with Crippen LogP contribution in [0.2, 0.25) is 0 Å². The number of likely N-dealkylation sites (tertiary alicyclic amines) is 1. The van der Waals surface area contributed by atoms with Crippen LogP contribution in [0.1, 0.15) is 55.6 Å². The third-order valence-corrected chi connectivity index (χ3v) is 4.98. The number of aromatic amines is 1. The van der Waals surface area contributed by atoms with Crippen molar-refractivity contribution in [3.05, 3.63) is 35.5 Å². The molecule has 1 N–H and O–H groups in total. The van der Waals surface area contributed by atoms with E-state index < -0.39 is 0 Å². The number of nitrogens with zero attached hydrogens (tertiary/aromatic N) is 1. The van der Waals surface area contributed by atoms with Crippen molar-refractivity contribution in [3.8, 4) is 0 Å². The summed E-state index contributed by atoms with van der Waals surface area (Å²) >= 11 is 0. The van der Waals surface area contributed by atoms with E-state index >= 15 is 0 Å². The number of esters is 1. The molecule has 3 rings (SSSR count). The fraction of sp³-hybridized carbons (Fsp3) is 0.500. The molecule has 1 aromatic heterocycles. The van der Waals surface area contributed by atoms with E-state index in [1.54, 1.807) is 6.92 Å². The molecule has 2 aromatic rings. The summed E-state index contributed by atoms with van der Waals surface area (Å²) in [4.78, 5) is 30.3. The molecule has 1 saturated heterocycles. The Bertz CT molecular complexity index is 765. The Morgan fingerprint density at radius 2 is 2.04 bits per heavy atom. The Morgan fingerprint density at radius 3 is 2.80 bits per heavy atom. The molecule has 0 unspecified atom stereocenters. The first-order chi connectivity index (χ1) is 12.2. The molecule has 2 heterocycles. The molecule has 0 spiro atoms. The van der Waals surface area contributed by atoms with Crippen molar-refractivity contribution in [1.82, 2.24) is 9.88 Å². The molecule has 0 bridgehead atoms. The van der Waals surface area contributed by atoms with Crippen LogP contribution in [-0.2, 0) is 16.0 Å². The Labute approximate surface area is 148 Å². The lowest BCUT2D eigenvalue weighted by atomic mass is 9.98. The lowest BCUT2D eigenvalue weighted by molar-refractivity contribution is -0.144. The number of fused-ring (bicyclic) bond motifs is 1. The Kier molecular flexibility index (Phi) is 5.41. The third-order valence-electron chi connectivity index (χ3n) is 4.98. The van der Waals surface area contributed by atoms with Gasteiger partial charge in [-0.3, -0.25) is 9.59 Å². The maximum atomic E-state index is 13.2. The lowest BCUT2D eigenvalue weighted by Crippen LogP contribution is -2.45. The smallest absolute Gasteiger partial charge is 0.307 e. The molecule has 1 amide bonds. The summed E-state index contributed by atoms with van der Waals surface area (Å²) in [5, 5.41) is 1.10. The Hall–Kier alpha value is -2.30. The van der Waals surface area contributed by atoms with E-state index in [1.807, 2.05) is 29.2 Å². The number of para-hydroxylation sites is 1. The molecule has 1 aliphatic rings. The molecular weight excluding hydrogens is 316 g/mol. The maximum absolute atomic E-state index is 13.2. The second kappa shape index (κ2) is 7.72. The van der Waals surface area contributed by atoms with E-state index in [9.17, 15) is 9.59 Å². The zero-order chi connectivity index (χ0) is 17.8. The van der Waals surface area contributed by atoms with Gasteiger partial charge >= 0.3 is 5.97 Å². The highest BCUT2D eigenvalue weighted by Crippen LogP contribution is 2.27. The number of ether oxygens (including phenoxy) is 1. The van der Waals surface area contributed by atoms with Gasteiger partial charge in [0.1, 0.15) is 5.69 Å². The second-order valence-corrected chi connectivity index (χ2v) is 6.53. The zero-order valence-electron chi connectivity index (χ0n) is 15.0. The van der Waals surface area contributed by atoms with Gasteiger partial charge in [-0.2, -0.15) is 0 Å². The van der Waals surface area contributed by atoms with Crippen molar-refractivity contribution in [2.24, 2.45) is 0 Å². The predicted octanol–water partition coefficient (Wildman–Crippen LogP) is 3.68. The van der Waals surface area contributed by atoms with Crippen LogP contribution >= 0.6 is 0 Å². The van der Waals surface area contributed by atoms with Crippen LogP contribution in [0.15, 0.2) is 24.3 Å². The zero-order valence-corrected chi connectivity index (χ0v) is 15.0. The van der Waals surface area contributed by atoms with E-state index in [4.69, 9.17) is 4.74 Å². The first kappa shape index (κ1) is 17.5. The molecule has 1 fully saturated rings. The van der Waals surface area contributed by atoms with Crippen LogP contribution in [0.25, 0.3) is 10.9 Å². The van der Waals surface area contributed by atoms with Crippen LogP contribution in [0.4, 0.5) is 0 Å². The van der Waals surface area contributed by atoms with Gasteiger partial charge in [0.25, 0.3) is 5.91 Å². The first-order valence-corrected chi connectivity index (χ1v) is 9.21. The van der Waals surface area contributed by atoms with Crippen LogP contribution < -0.4 is 0 Å². The number of aryl methyl sites for hydroxylation is 1. The Morgan fingerprint density at radius 1 is 1.24 bits per heavy atom. The SMILES string of the molecule is CCOC(=O)C[C@H]1CCCCN1C(=O)c1[nH]c2ccccc2c1CC. The summed E-state index contributed by atoms with van der Waals surface area (Å²) in [6.45, 7) is 4.95. The molecule has 1 atom stereocenters. The number of piperidine rings is 1. The number of rotatable bonds is 5. The summed E-state index contributed by atoms with van der Waals surface area (Å²) in [6, 6.07) is 7.94. The molecule has 5 heteroatoms. The minimum absolute atomic E-state index is 0.00190. The topological polar surface area (TPSA) is 62.4 Å². The molecule has 0 radical (unpaired) electrons. The Balaban J connectivity index is 1.88. The average Bonchev–Trinajstić information content (AvgIpc) is 3.00. The summed E-state index contributed by atoms with van der Waals surface area (Å²) in [5.74, 6) is -0.221. The number of carbonyl (C=O) groups is 2. The highest BCUT2D eigenvalue weighted by Gasteiger charge is 2.31. The molecule has 134 valence electrons. The third kappa shape index (κ3) is 3.55. The van der Waals surface area contributed by atoms with E-state index in [0.29, 0.717) is 18.8 Å². The van der Waals surface area contributed by atoms with Gasteiger partial charge in [-0.05, 0) is 44.2 Å². The van der Waals surface area contributed by atoms with Crippen LogP contribution in [0.5, 0.6) is 0 Å². The average molecular weight is 342 g/mol. The van der Waals surface area contributed by atoms with Crippen molar-refractivity contribution >= 4 is 22.8 Å². The van der Waals surface area contributed by atoms with E-state index in [1.165, 1.54) is 0 Å². The fourth-order valence-electron chi connectivity index (χ4n) is 3.79. The monoisotopic (exact) mass is 342 g/mol. The van der Waals surface area contributed by atoms with Crippen LogP contribution in [0.3, 0.4) is 0 Å². The lowest BCUT2D eigenvalue weighted by Gasteiger charge is -2.35. The highest BCUT2D eigenvalue weighted by molar-refractivity contribution is 6.01. The van der Waals surface area contributed by atoms with Gasteiger partial charge in [0.2, 0.25) is 0 Å². The van der Waals surface area contributed by atoms with Gasteiger partial charge in [0.05, 0.1) is 13.0 Å². The van der Waals surface area contributed by atoms with E-state index in [0.717, 1.165) is 42.1 Å². The minimum Gasteiger partial charge on any atom is -0.466 e. The van der Waals surface area contributed by atoms with Gasteiger partial charge in [-0.1, -0.05) is 25.1 Å². The molecule has 0 saturated carbocycles. The minimum atomic E-state index is -0.223. The summed E-state index contributed by atoms with van der Waals surface area (Å²) in [6.07, 6.45) is 3.95. The second-order valence-electron chi connectivity index (χ2n) is 6.53. The van der Waals surface area contributed by atoms with Crippen LogP contribution in [0, 0.1) is 0 Å². The van der Waals surface area contributed by atoms with Crippen molar-refractivity contribution in [2.45, 2.75) is 52.0 Å². The quantitative estimate of drug-likeness (QED) is 0.843. The van der Waals surface area contributed by atoms with Gasteiger partial charge in [0.15, 0.2) is 0 Å². The van der Waals surface area contributed by atoms with Crippen LogP contribution in [-0.4, -0.2) is 41.0 Å². The molecule has 5 nitrogen and oxygen atoms in total. The largest absolute Gasteiger partial charge is 0.466 e. The molecule has 0 aliphatic carbocycles. The van der Waals surface area contributed by atoms with Gasteiger partial charge in [0, 0.05) is 23.5 Å². The van der Waals surface area contributed by atoms with Crippen molar-refractivity contribution in [2.75, 3.05) is 13.2 Å². The summed E-state index contributed by atoms with van der Waals surface area (Å²) in [7, 11) is 0. The van der Waals surface area contributed by atoms with Crippen molar-refractivity contribution in [3.63, 3.8) is 0 Å². The first-order valence-electron chi connectivity index (χ1n) is 9.21. The van der Waals surface area contributed by atoms with Crippen molar-refractivity contribution < 1.29 is 14.3 Å². The van der Waals surface area contributed by atoms with Gasteiger partial charge < -0.3 is 14.6 Å². The molecule has 1 aliphatic heterocycles. The maximum Gasteiger partial charge on any atom is 0.307 e. The number of amides is 1. The normalized spacial score (nSPS) is 17.7. The highest BCUT2D eigenvalue weighted by atomic mass is 16.5. The number of hydrogen-bond acceptors (Lipinski definition) is 3. The number of nitrogens with one attached hydrogen (secondary N) is 1. The van der Waals surface area contributed by atoms with E-state index in [-0.39, 0.29) is 24.3 Å². The van der Waals surface area contributed by atoms with E-state index in [2.05, 4.69) is 11.9 Å². The van der Waals surface area contributed by atoms with Gasteiger partial charge in [-0.15, -0.1) is 0 Å². The van der Waals surface area contributed by atoms with Crippen molar-refractivity contribution in [1.29, 1.82) is 0 Å². The standard InChI is InChI=1S/C20H26N2O3/c1-3-15-16-10-5-6-11-17(16)21-19(15)20(24)22-12-8-7-9-14(22)13-18(23)25-4-2/h5-6,10-11,14,21H,3-4,7-9,12-13H2,1-2H3/t14-/m1/s1. The summed E-state index contributed by atoms with van der Waals surface area (Å²) in [5.41, 5.74) is 2.71. The summed E-state index contributed by atoms with van der Waals surface area (Å²) < 4.78 is 5.09. The fourth-order valence-corrected chi connectivity index (χ4v) is 3.79. The molecule has 25 heavy (non-hydrogen) atoms.